The molecule has 1 aromatic carbocycles. The standard InChI is InChI=1S/C18H25NO3S/c1-2-23-16-5-3-4-12-19(13-16)17(20)11-8-14-6-9-15(10-7-14)18(21)22/h6-7,9-10,16H,2-5,8,11-13H2,1H3,(H,21,22). The maximum Gasteiger partial charge on any atom is 0.335 e. The van der Waals surface area contributed by atoms with E-state index in [2.05, 4.69) is 6.92 Å². The molecule has 23 heavy (non-hydrogen) atoms. The molecule has 1 N–H and O–H groups in total. The van der Waals surface area contributed by atoms with Crippen LogP contribution in [0.3, 0.4) is 0 Å². The molecule has 1 aromatic rings. The predicted molar refractivity (Wildman–Crippen MR) is 94.1 cm³/mol. The van der Waals surface area contributed by atoms with Gasteiger partial charge in [0.2, 0.25) is 5.91 Å². The minimum atomic E-state index is -0.920. The molecule has 1 amide bonds. The molecule has 1 aliphatic rings. The zero-order chi connectivity index (χ0) is 16.7. The molecule has 0 aromatic heterocycles. The van der Waals surface area contributed by atoms with Gasteiger partial charge in [-0.2, -0.15) is 11.8 Å². The van der Waals surface area contributed by atoms with Gasteiger partial charge in [0.15, 0.2) is 0 Å². The molecule has 0 radical (unpaired) electrons. The number of rotatable bonds is 6. The number of likely N-dealkylation sites (tertiary alicyclic amines) is 1. The van der Waals surface area contributed by atoms with Gasteiger partial charge in [0.1, 0.15) is 0 Å². The van der Waals surface area contributed by atoms with Crippen LogP contribution in [0.1, 0.15) is 48.5 Å². The third kappa shape index (κ3) is 5.57. The number of nitrogens with zero attached hydrogens (tertiary/aromatic N) is 1. The number of aromatic carboxylic acids is 1. The van der Waals surface area contributed by atoms with Gasteiger partial charge in [-0.1, -0.05) is 25.5 Å². The van der Waals surface area contributed by atoms with E-state index in [9.17, 15) is 9.59 Å². The van der Waals surface area contributed by atoms with Gasteiger partial charge in [-0.3, -0.25) is 4.79 Å². The van der Waals surface area contributed by atoms with Crippen LogP contribution in [0.15, 0.2) is 24.3 Å². The number of hydrogen-bond acceptors (Lipinski definition) is 3. The lowest BCUT2D eigenvalue weighted by atomic mass is 10.1. The Kier molecular flexibility index (Phi) is 6.96. The number of aryl methyl sites for hydroxylation is 1. The lowest BCUT2D eigenvalue weighted by Gasteiger charge is -2.24. The third-order valence-electron chi connectivity index (χ3n) is 4.21. The van der Waals surface area contributed by atoms with Crippen molar-refractivity contribution in [3.8, 4) is 0 Å². The van der Waals surface area contributed by atoms with Gasteiger partial charge in [0, 0.05) is 24.8 Å². The fraction of sp³-hybridized carbons (Fsp3) is 0.556. The fourth-order valence-corrected chi connectivity index (χ4v) is 4.01. The Balaban J connectivity index is 1.86. The summed E-state index contributed by atoms with van der Waals surface area (Å²) in [6.07, 6.45) is 4.67. The van der Waals surface area contributed by atoms with Crippen molar-refractivity contribution in [1.82, 2.24) is 4.90 Å². The highest BCUT2D eigenvalue weighted by Gasteiger charge is 2.21. The summed E-state index contributed by atoms with van der Waals surface area (Å²) in [5.41, 5.74) is 1.30. The van der Waals surface area contributed by atoms with E-state index in [1.165, 1.54) is 12.8 Å². The molecule has 4 nitrogen and oxygen atoms in total. The van der Waals surface area contributed by atoms with E-state index in [0.29, 0.717) is 18.1 Å². The molecular formula is C18H25NO3S. The Bertz CT molecular complexity index is 530. The van der Waals surface area contributed by atoms with E-state index in [0.717, 1.165) is 30.8 Å². The van der Waals surface area contributed by atoms with Crippen LogP contribution in [0.25, 0.3) is 0 Å². The molecule has 126 valence electrons. The lowest BCUT2D eigenvalue weighted by Crippen LogP contribution is -2.35. The van der Waals surface area contributed by atoms with Gasteiger partial charge < -0.3 is 10.0 Å². The SMILES string of the molecule is CCSC1CCCCN(C(=O)CCc2ccc(C(=O)O)cc2)C1. The Morgan fingerprint density at radius 3 is 2.65 bits per heavy atom. The number of hydrogen-bond donors (Lipinski definition) is 1. The average molecular weight is 335 g/mol. The monoisotopic (exact) mass is 335 g/mol. The summed E-state index contributed by atoms with van der Waals surface area (Å²) in [4.78, 5) is 25.3. The van der Waals surface area contributed by atoms with Crippen LogP contribution in [0.2, 0.25) is 0 Å². The average Bonchev–Trinajstić information content (AvgIpc) is 2.79. The summed E-state index contributed by atoms with van der Waals surface area (Å²) in [6, 6.07) is 6.80. The summed E-state index contributed by atoms with van der Waals surface area (Å²) in [7, 11) is 0. The Hall–Kier alpha value is -1.49. The highest BCUT2D eigenvalue weighted by atomic mass is 32.2. The number of amides is 1. The van der Waals surface area contributed by atoms with Crippen molar-refractivity contribution in [2.45, 2.75) is 44.3 Å². The number of carboxylic acid groups (broad SMARTS) is 1. The molecule has 1 heterocycles. The molecule has 0 saturated carbocycles. The molecule has 0 aliphatic carbocycles. The molecule has 1 unspecified atom stereocenters. The van der Waals surface area contributed by atoms with Crippen LogP contribution in [0, 0.1) is 0 Å². The van der Waals surface area contributed by atoms with Gasteiger partial charge in [-0.05, 0) is 42.7 Å². The summed E-state index contributed by atoms with van der Waals surface area (Å²) < 4.78 is 0. The maximum absolute atomic E-state index is 12.5. The van der Waals surface area contributed by atoms with Crippen molar-refractivity contribution in [3.05, 3.63) is 35.4 Å². The first-order valence-electron chi connectivity index (χ1n) is 8.31. The van der Waals surface area contributed by atoms with E-state index in [-0.39, 0.29) is 11.5 Å². The van der Waals surface area contributed by atoms with Crippen molar-refractivity contribution in [2.75, 3.05) is 18.8 Å². The molecule has 0 spiro atoms. The van der Waals surface area contributed by atoms with Gasteiger partial charge in [-0.15, -0.1) is 0 Å². The van der Waals surface area contributed by atoms with Crippen molar-refractivity contribution in [2.24, 2.45) is 0 Å². The molecule has 5 heteroatoms. The summed E-state index contributed by atoms with van der Waals surface area (Å²) in [5, 5.41) is 9.47. The first kappa shape index (κ1) is 17.9. The van der Waals surface area contributed by atoms with Crippen LogP contribution in [-0.2, 0) is 11.2 Å². The molecule has 2 rings (SSSR count). The second-order valence-electron chi connectivity index (χ2n) is 5.91. The molecule has 1 saturated heterocycles. The quantitative estimate of drug-likeness (QED) is 0.865. The number of carboxylic acids is 1. The molecule has 1 fully saturated rings. The molecule has 0 bridgehead atoms. The minimum absolute atomic E-state index is 0.218. The van der Waals surface area contributed by atoms with E-state index < -0.39 is 5.97 Å². The fourth-order valence-electron chi connectivity index (χ4n) is 2.92. The van der Waals surface area contributed by atoms with Crippen molar-refractivity contribution < 1.29 is 14.7 Å². The zero-order valence-corrected chi connectivity index (χ0v) is 14.5. The van der Waals surface area contributed by atoms with Crippen LogP contribution in [-0.4, -0.2) is 46.0 Å². The highest BCUT2D eigenvalue weighted by Crippen LogP contribution is 2.22. The predicted octanol–water partition coefficient (Wildman–Crippen LogP) is 3.45. The first-order chi connectivity index (χ1) is 11.1. The van der Waals surface area contributed by atoms with Crippen LogP contribution >= 0.6 is 11.8 Å². The topological polar surface area (TPSA) is 57.6 Å². The Labute approximate surface area is 142 Å². The van der Waals surface area contributed by atoms with Gasteiger partial charge in [0.25, 0.3) is 0 Å². The summed E-state index contributed by atoms with van der Waals surface area (Å²) in [5.74, 6) is 0.399. The van der Waals surface area contributed by atoms with E-state index in [1.54, 1.807) is 24.3 Å². The highest BCUT2D eigenvalue weighted by molar-refractivity contribution is 7.99. The van der Waals surface area contributed by atoms with Gasteiger partial charge in [0.05, 0.1) is 5.56 Å². The molecule has 1 atom stereocenters. The van der Waals surface area contributed by atoms with Gasteiger partial charge >= 0.3 is 5.97 Å². The van der Waals surface area contributed by atoms with Crippen LogP contribution in [0.5, 0.6) is 0 Å². The van der Waals surface area contributed by atoms with E-state index >= 15 is 0 Å². The van der Waals surface area contributed by atoms with E-state index in [1.807, 2.05) is 16.7 Å². The Morgan fingerprint density at radius 2 is 2.00 bits per heavy atom. The number of benzene rings is 1. The minimum Gasteiger partial charge on any atom is -0.478 e. The summed E-state index contributed by atoms with van der Waals surface area (Å²) in [6.45, 7) is 3.91. The second kappa shape index (κ2) is 8.96. The number of carbonyl (C=O) groups excluding carboxylic acids is 1. The summed E-state index contributed by atoms with van der Waals surface area (Å²) >= 11 is 1.96. The smallest absolute Gasteiger partial charge is 0.335 e. The lowest BCUT2D eigenvalue weighted by molar-refractivity contribution is -0.131. The van der Waals surface area contributed by atoms with Crippen molar-refractivity contribution >= 4 is 23.6 Å². The maximum atomic E-state index is 12.5. The van der Waals surface area contributed by atoms with Crippen LogP contribution in [0.4, 0.5) is 0 Å². The first-order valence-corrected chi connectivity index (χ1v) is 9.36. The molecule has 1 aliphatic heterocycles. The zero-order valence-electron chi connectivity index (χ0n) is 13.7. The third-order valence-corrected chi connectivity index (χ3v) is 5.40. The second-order valence-corrected chi connectivity index (χ2v) is 7.49. The van der Waals surface area contributed by atoms with Crippen LogP contribution < -0.4 is 0 Å². The largest absolute Gasteiger partial charge is 0.478 e. The van der Waals surface area contributed by atoms with Crippen molar-refractivity contribution in [3.63, 3.8) is 0 Å². The number of carbonyl (C=O) groups is 2. The number of thioether (sulfide) groups is 1. The Morgan fingerprint density at radius 1 is 1.26 bits per heavy atom. The van der Waals surface area contributed by atoms with Crippen molar-refractivity contribution in [1.29, 1.82) is 0 Å². The van der Waals surface area contributed by atoms with E-state index in [4.69, 9.17) is 5.11 Å². The molecular weight excluding hydrogens is 310 g/mol. The normalized spacial score (nSPS) is 18.5. The van der Waals surface area contributed by atoms with Gasteiger partial charge in [-0.25, -0.2) is 4.79 Å².